The lowest BCUT2D eigenvalue weighted by Crippen LogP contribution is -2.37. The molecule has 0 N–H and O–H groups in total. The highest BCUT2D eigenvalue weighted by molar-refractivity contribution is 5.75. The molecule has 88 valence electrons. The van der Waals surface area contributed by atoms with E-state index >= 15 is 0 Å². The molecular weight excluding hydrogens is 186 g/mol. The molecule has 1 fully saturated rings. The second kappa shape index (κ2) is 6.26. The molecule has 15 heavy (non-hydrogen) atoms. The number of hydrogen-bond donors (Lipinski definition) is 0. The predicted molar refractivity (Wildman–Crippen MR) is 63.9 cm³/mol. The van der Waals surface area contributed by atoms with Gasteiger partial charge in [0.15, 0.2) is 0 Å². The summed E-state index contributed by atoms with van der Waals surface area (Å²) in [7, 11) is 0. The third-order valence-electron chi connectivity index (χ3n) is 3.13. The van der Waals surface area contributed by atoms with Gasteiger partial charge in [0, 0.05) is 19.5 Å². The molecule has 0 aromatic rings. The first kappa shape index (κ1) is 12.7. The number of likely N-dealkylation sites (tertiary alicyclic amines) is 1. The Labute approximate surface area is 94.0 Å². The van der Waals surface area contributed by atoms with Crippen molar-refractivity contribution in [2.45, 2.75) is 46.5 Å². The Kier molecular flexibility index (Phi) is 5.30. The quantitative estimate of drug-likeness (QED) is 0.697. The third kappa shape index (κ3) is 5.31. The van der Waals surface area contributed by atoms with E-state index in [1.807, 2.05) is 0 Å². The van der Waals surface area contributed by atoms with E-state index in [0.29, 0.717) is 5.78 Å². The minimum Gasteiger partial charge on any atom is -0.303 e. The number of nitrogens with zero attached hydrogens (tertiary/aromatic N) is 1. The molecule has 0 saturated carbocycles. The topological polar surface area (TPSA) is 20.3 Å². The van der Waals surface area contributed by atoms with Gasteiger partial charge in [-0.2, -0.15) is 0 Å². The lowest BCUT2D eigenvalue weighted by Gasteiger charge is -2.33. The summed E-state index contributed by atoms with van der Waals surface area (Å²) < 4.78 is 0. The molecule has 1 heterocycles. The molecular formula is C13H25NO. The third-order valence-corrected chi connectivity index (χ3v) is 3.13. The van der Waals surface area contributed by atoms with Gasteiger partial charge in [0.2, 0.25) is 0 Å². The van der Waals surface area contributed by atoms with Crippen molar-refractivity contribution in [3.05, 3.63) is 0 Å². The summed E-state index contributed by atoms with van der Waals surface area (Å²) in [6, 6.07) is 0. The average molecular weight is 211 g/mol. The molecule has 2 heteroatoms. The maximum Gasteiger partial charge on any atom is 0.129 e. The summed E-state index contributed by atoms with van der Waals surface area (Å²) in [5.41, 5.74) is 0. The van der Waals surface area contributed by atoms with Crippen molar-refractivity contribution >= 4 is 5.78 Å². The van der Waals surface area contributed by atoms with Crippen LogP contribution >= 0.6 is 0 Å². The molecule has 1 saturated heterocycles. The van der Waals surface area contributed by atoms with Crippen LogP contribution in [0.4, 0.5) is 0 Å². The smallest absolute Gasteiger partial charge is 0.129 e. The van der Waals surface area contributed by atoms with E-state index in [4.69, 9.17) is 0 Å². The lowest BCUT2D eigenvalue weighted by atomic mass is 9.92. The van der Waals surface area contributed by atoms with E-state index in [2.05, 4.69) is 18.7 Å². The van der Waals surface area contributed by atoms with E-state index in [1.165, 1.54) is 32.5 Å². The first-order valence-electron chi connectivity index (χ1n) is 6.29. The fourth-order valence-electron chi connectivity index (χ4n) is 2.48. The van der Waals surface area contributed by atoms with Crippen molar-refractivity contribution in [3.8, 4) is 0 Å². The normalized spacial score (nSPS) is 23.3. The van der Waals surface area contributed by atoms with E-state index < -0.39 is 0 Å². The van der Waals surface area contributed by atoms with Crippen LogP contribution in [-0.4, -0.2) is 30.3 Å². The van der Waals surface area contributed by atoms with Gasteiger partial charge in [-0.3, -0.25) is 0 Å². The predicted octanol–water partition coefficient (Wildman–Crippen LogP) is 2.72. The highest BCUT2D eigenvalue weighted by atomic mass is 16.1. The van der Waals surface area contributed by atoms with Crippen molar-refractivity contribution in [2.24, 2.45) is 11.8 Å². The van der Waals surface area contributed by atoms with Crippen LogP contribution in [0.5, 0.6) is 0 Å². The zero-order valence-electron chi connectivity index (χ0n) is 10.5. The molecule has 0 aromatic carbocycles. The van der Waals surface area contributed by atoms with Gasteiger partial charge in [-0.25, -0.2) is 0 Å². The Morgan fingerprint density at radius 2 is 2.20 bits per heavy atom. The van der Waals surface area contributed by atoms with Crippen LogP contribution in [-0.2, 0) is 4.79 Å². The molecule has 0 bridgehead atoms. The monoisotopic (exact) mass is 211 g/mol. The number of Topliss-reactive ketones (excluding diaryl/α,β-unsaturated/α-hetero) is 1. The number of rotatable bonds is 5. The minimum absolute atomic E-state index is 0.344. The fraction of sp³-hybridized carbons (Fsp3) is 0.923. The first-order valence-corrected chi connectivity index (χ1v) is 6.29. The molecule has 1 rings (SSSR count). The second-order valence-electron chi connectivity index (χ2n) is 5.40. The molecule has 0 radical (unpaired) electrons. The van der Waals surface area contributed by atoms with Crippen molar-refractivity contribution in [3.63, 3.8) is 0 Å². The van der Waals surface area contributed by atoms with Gasteiger partial charge >= 0.3 is 0 Å². The van der Waals surface area contributed by atoms with Crippen LogP contribution in [0.1, 0.15) is 46.5 Å². The van der Waals surface area contributed by atoms with Crippen LogP contribution in [0.2, 0.25) is 0 Å². The van der Waals surface area contributed by atoms with E-state index in [9.17, 15) is 4.79 Å². The van der Waals surface area contributed by atoms with Crippen LogP contribution < -0.4 is 0 Å². The molecule has 1 aliphatic rings. The summed E-state index contributed by atoms with van der Waals surface area (Å²) in [5.74, 6) is 1.87. The highest BCUT2D eigenvalue weighted by Gasteiger charge is 2.20. The maximum absolute atomic E-state index is 10.9. The molecule has 0 aromatic heterocycles. The van der Waals surface area contributed by atoms with Gasteiger partial charge in [-0.15, -0.1) is 0 Å². The van der Waals surface area contributed by atoms with Gasteiger partial charge in [0.1, 0.15) is 5.78 Å². The van der Waals surface area contributed by atoms with Crippen LogP contribution in [0.25, 0.3) is 0 Å². The minimum atomic E-state index is 0.344. The van der Waals surface area contributed by atoms with E-state index in [1.54, 1.807) is 6.92 Å². The largest absolute Gasteiger partial charge is 0.303 e. The van der Waals surface area contributed by atoms with Gasteiger partial charge in [-0.1, -0.05) is 13.8 Å². The molecule has 1 aliphatic heterocycles. The Hall–Kier alpha value is -0.370. The van der Waals surface area contributed by atoms with Crippen LogP contribution in [0, 0.1) is 11.8 Å². The standard InChI is InChI=1S/C13H25NO/c1-11(2)9-14-8-4-5-13(10-14)7-6-12(3)15/h11,13H,4-10H2,1-3H3. The lowest BCUT2D eigenvalue weighted by molar-refractivity contribution is -0.117. The molecule has 0 aliphatic carbocycles. The molecule has 2 nitrogen and oxygen atoms in total. The number of carbonyl (C=O) groups excluding carboxylic acids is 1. The van der Waals surface area contributed by atoms with Gasteiger partial charge in [-0.05, 0) is 44.6 Å². The van der Waals surface area contributed by atoms with Crippen molar-refractivity contribution in [1.29, 1.82) is 0 Å². The van der Waals surface area contributed by atoms with Crippen molar-refractivity contribution in [2.75, 3.05) is 19.6 Å². The fourth-order valence-corrected chi connectivity index (χ4v) is 2.48. The van der Waals surface area contributed by atoms with Gasteiger partial charge in [0.05, 0.1) is 0 Å². The average Bonchev–Trinajstić information content (AvgIpc) is 2.14. The number of hydrogen-bond acceptors (Lipinski definition) is 2. The summed E-state index contributed by atoms with van der Waals surface area (Å²) in [5, 5.41) is 0. The zero-order chi connectivity index (χ0) is 11.3. The van der Waals surface area contributed by atoms with Crippen LogP contribution in [0.15, 0.2) is 0 Å². The van der Waals surface area contributed by atoms with E-state index in [-0.39, 0.29) is 0 Å². The maximum atomic E-state index is 10.9. The molecule has 0 amide bonds. The second-order valence-corrected chi connectivity index (χ2v) is 5.40. The molecule has 1 unspecified atom stereocenters. The number of piperidine rings is 1. The summed E-state index contributed by atoms with van der Waals surface area (Å²) in [6.45, 7) is 9.95. The summed E-state index contributed by atoms with van der Waals surface area (Å²) >= 11 is 0. The Bertz CT molecular complexity index is 201. The zero-order valence-corrected chi connectivity index (χ0v) is 10.5. The Balaban J connectivity index is 2.25. The Morgan fingerprint density at radius 1 is 1.47 bits per heavy atom. The molecule has 0 spiro atoms. The van der Waals surface area contributed by atoms with Crippen molar-refractivity contribution < 1.29 is 4.79 Å². The summed E-state index contributed by atoms with van der Waals surface area (Å²) in [6.07, 6.45) is 4.52. The first-order chi connectivity index (χ1) is 7.08. The van der Waals surface area contributed by atoms with Crippen LogP contribution in [0.3, 0.4) is 0 Å². The van der Waals surface area contributed by atoms with E-state index in [0.717, 1.165) is 24.7 Å². The van der Waals surface area contributed by atoms with Crippen molar-refractivity contribution in [1.82, 2.24) is 4.90 Å². The number of carbonyl (C=O) groups is 1. The number of ketones is 1. The SMILES string of the molecule is CC(=O)CCC1CCCN(CC(C)C)C1. The van der Waals surface area contributed by atoms with Gasteiger partial charge in [0.25, 0.3) is 0 Å². The Morgan fingerprint density at radius 3 is 2.80 bits per heavy atom. The highest BCUT2D eigenvalue weighted by Crippen LogP contribution is 2.21. The molecule has 1 atom stereocenters. The van der Waals surface area contributed by atoms with Gasteiger partial charge < -0.3 is 9.69 Å². The summed E-state index contributed by atoms with van der Waals surface area (Å²) in [4.78, 5) is 13.5.